The summed E-state index contributed by atoms with van der Waals surface area (Å²) in [5.41, 5.74) is -1.74. The van der Waals surface area contributed by atoms with Crippen molar-refractivity contribution in [3.8, 4) is 0 Å². The second-order valence-corrected chi connectivity index (χ2v) is 10.8. The van der Waals surface area contributed by atoms with Crippen molar-refractivity contribution >= 4 is 21.8 Å². The van der Waals surface area contributed by atoms with Gasteiger partial charge in [0, 0.05) is 21.2 Å². The van der Waals surface area contributed by atoms with Gasteiger partial charge in [-0.15, -0.1) is 0 Å². The Kier molecular flexibility index (Phi) is 10.3. The zero-order valence-corrected chi connectivity index (χ0v) is 20.4. The van der Waals surface area contributed by atoms with Gasteiger partial charge in [-0.2, -0.15) is 13.2 Å². The molecule has 0 radical (unpaired) electrons. The highest BCUT2D eigenvalue weighted by Gasteiger charge is 2.49. The van der Waals surface area contributed by atoms with Crippen molar-refractivity contribution in [2.75, 3.05) is 11.5 Å². The Morgan fingerprint density at radius 3 is 1.97 bits per heavy atom. The summed E-state index contributed by atoms with van der Waals surface area (Å²) in [6, 6.07) is 16.1. The maximum atomic E-state index is 12.9. The van der Waals surface area contributed by atoms with Crippen molar-refractivity contribution in [2.45, 2.75) is 50.8 Å². The number of alkyl carbamates (subject to hydrolysis) is 1. The van der Waals surface area contributed by atoms with Crippen LogP contribution in [-0.2, 0) is 37.2 Å². The van der Waals surface area contributed by atoms with Gasteiger partial charge in [0.15, 0.2) is 5.60 Å². The molecule has 0 aliphatic carbocycles. The molecule has 0 bridgehead atoms. The lowest BCUT2D eigenvalue weighted by atomic mass is 10.0. The Morgan fingerprint density at radius 2 is 1.47 bits per heavy atom. The third-order valence-electron chi connectivity index (χ3n) is 5.28. The first-order chi connectivity index (χ1) is 16.8. The van der Waals surface area contributed by atoms with Crippen LogP contribution >= 0.6 is 0 Å². The first-order valence-electron chi connectivity index (χ1n) is 11.0. The minimum Gasteiger partial charge on any atom is -0.459 e. The van der Waals surface area contributed by atoms with Crippen LogP contribution in [0.3, 0.4) is 0 Å². The summed E-state index contributed by atoms with van der Waals surface area (Å²) in [5.74, 6) is -2.14. The fraction of sp³-hybridized carbons (Fsp3) is 0.417. The van der Waals surface area contributed by atoms with Crippen molar-refractivity contribution in [3.63, 3.8) is 0 Å². The van der Waals surface area contributed by atoms with Crippen LogP contribution in [0.15, 0.2) is 60.7 Å². The number of aliphatic hydroxyl groups is 1. The molecule has 3 N–H and O–H groups in total. The van der Waals surface area contributed by atoms with Crippen molar-refractivity contribution < 1.29 is 41.5 Å². The number of carbonyl (C=O) groups is 2. The largest absolute Gasteiger partial charge is 0.459 e. The third-order valence-corrected chi connectivity index (χ3v) is 7.04. The maximum Gasteiger partial charge on any atom is 0.416 e. The number of benzene rings is 2. The van der Waals surface area contributed by atoms with Gasteiger partial charge in [0.05, 0.1) is 0 Å². The average molecular weight is 531 g/mol. The lowest BCUT2D eigenvalue weighted by molar-refractivity contribution is -0.253. The van der Waals surface area contributed by atoms with Gasteiger partial charge in [0.2, 0.25) is 0 Å². The number of rotatable bonds is 12. The normalized spacial score (nSPS) is 15.7. The number of alkyl halides is 3. The number of halogens is 3. The van der Waals surface area contributed by atoms with Crippen LogP contribution in [0.25, 0.3) is 0 Å². The zero-order valence-electron chi connectivity index (χ0n) is 19.6. The summed E-state index contributed by atoms with van der Waals surface area (Å²) in [5, 5.41) is 11.9. The van der Waals surface area contributed by atoms with Crippen molar-refractivity contribution in [3.05, 3.63) is 71.8 Å². The van der Waals surface area contributed by atoms with Crippen LogP contribution in [-0.4, -0.2) is 50.7 Å². The third kappa shape index (κ3) is 9.86. The standard InChI is InChI=1S/C24H29F3N2O6S/c1-23(32,24(25,26)27)13-15-36(28,33)14-12-20(21(30)34-16-18-8-4-2-5-9-18)29-22(31)35-17-19-10-6-3-7-11-19/h2-11,20,28,32H,12-17H2,1H3,(H,29,31)/t20-,23+,36-/m0/s1. The molecule has 2 rings (SSSR count). The molecule has 36 heavy (non-hydrogen) atoms. The molecule has 2 aromatic rings. The fourth-order valence-corrected chi connectivity index (χ4v) is 4.45. The van der Waals surface area contributed by atoms with E-state index >= 15 is 0 Å². The van der Waals surface area contributed by atoms with E-state index in [1.807, 2.05) is 0 Å². The molecule has 0 saturated heterocycles. The lowest BCUT2D eigenvalue weighted by Gasteiger charge is -2.26. The van der Waals surface area contributed by atoms with E-state index in [-0.39, 0.29) is 19.6 Å². The number of carbonyl (C=O) groups excluding carboxylic acids is 2. The smallest absolute Gasteiger partial charge is 0.416 e. The average Bonchev–Trinajstić information content (AvgIpc) is 2.83. The highest BCUT2D eigenvalue weighted by atomic mass is 32.2. The van der Waals surface area contributed by atoms with Crippen molar-refractivity contribution in [1.82, 2.24) is 5.32 Å². The summed E-state index contributed by atoms with van der Waals surface area (Å²) in [6.45, 7) is 0.346. The Bertz CT molecular complexity index is 1090. The predicted molar refractivity (Wildman–Crippen MR) is 126 cm³/mol. The Morgan fingerprint density at radius 1 is 0.972 bits per heavy atom. The molecule has 0 heterocycles. The van der Waals surface area contributed by atoms with Crippen LogP contribution in [0.1, 0.15) is 30.9 Å². The van der Waals surface area contributed by atoms with Gasteiger partial charge in [-0.05, 0) is 30.9 Å². The van der Waals surface area contributed by atoms with E-state index in [4.69, 9.17) is 14.3 Å². The topological polar surface area (TPSA) is 126 Å². The number of amides is 1. The summed E-state index contributed by atoms with van der Waals surface area (Å²) in [4.78, 5) is 24.9. The van der Waals surface area contributed by atoms with Gasteiger partial charge in [-0.1, -0.05) is 60.7 Å². The SMILES string of the molecule is C[C@@](O)(CC[S@@](=N)(=O)CC[C@H](NC(=O)OCc1ccccc1)C(=O)OCc1ccccc1)C(F)(F)F. The lowest BCUT2D eigenvalue weighted by Crippen LogP contribution is -2.44. The van der Waals surface area contributed by atoms with Gasteiger partial charge in [0.25, 0.3) is 0 Å². The second-order valence-electron chi connectivity index (χ2n) is 8.38. The van der Waals surface area contributed by atoms with E-state index in [1.54, 1.807) is 60.7 Å². The van der Waals surface area contributed by atoms with Gasteiger partial charge in [0.1, 0.15) is 19.3 Å². The minimum atomic E-state index is -4.95. The molecule has 3 atom stereocenters. The first kappa shape index (κ1) is 29.1. The number of nitrogens with one attached hydrogen (secondary N) is 2. The molecule has 0 spiro atoms. The predicted octanol–water partition coefficient (Wildman–Crippen LogP) is 4.17. The van der Waals surface area contributed by atoms with E-state index in [2.05, 4.69) is 5.32 Å². The Hall–Kier alpha value is -3.12. The molecule has 12 heteroatoms. The van der Waals surface area contributed by atoms with Crippen LogP contribution in [0.5, 0.6) is 0 Å². The summed E-state index contributed by atoms with van der Waals surface area (Å²) < 4.78 is 69.4. The molecule has 0 fully saturated rings. The first-order valence-corrected chi connectivity index (χ1v) is 12.9. The molecule has 1 amide bonds. The van der Waals surface area contributed by atoms with Gasteiger partial charge in [-0.25, -0.2) is 13.8 Å². The second kappa shape index (κ2) is 12.7. The van der Waals surface area contributed by atoms with Gasteiger partial charge in [-0.3, -0.25) is 4.78 Å². The van der Waals surface area contributed by atoms with Crippen LogP contribution < -0.4 is 5.32 Å². The number of hydrogen-bond acceptors (Lipinski definition) is 7. The quantitative estimate of drug-likeness (QED) is 0.354. The Balaban J connectivity index is 2.01. The van der Waals surface area contributed by atoms with E-state index in [1.165, 1.54) is 0 Å². The molecule has 0 aromatic heterocycles. The molecular formula is C24H29F3N2O6S. The molecule has 198 valence electrons. The summed E-state index contributed by atoms with van der Waals surface area (Å²) >= 11 is 0. The highest BCUT2D eigenvalue weighted by Crippen LogP contribution is 2.33. The van der Waals surface area contributed by atoms with Gasteiger partial charge < -0.3 is 19.9 Å². The van der Waals surface area contributed by atoms with Crippen molar-refractivity contribution in [2.24, 2.45) is 0 Å². The number of hydrogen-bond donors (Lipinski definition) is 3. The molecule has 0 aliphatic rings. The van der Waals surface area contributed by atoms with Gasteiger partial charge >= 0.3 is 18.2 Å². The molecule has 0 saturated carbocycles. The van der Waals surface area contributed by atoms with E-state index in [0.29, 0.717) is 18.1 Å². The van der Waals surface area contributed by atoms with Crippen LogP contribution in [0.4, 0.5) is 18.0 Å². The van der Waals surface area contributed by atoms with E-state index in [9.17, 15) is 32.1 Å². The Labute approximate surface area is 207 Å². The van der Waals surface area contributed by atoms with E-state index < -0.39 is 57.5 Å². The highest BCUT2D eigenvalue weighted by molar-refractivity contribution is 7.92. The zero-order chi connectivity index (χ0) is 26.8. The minimum absolute atomic E-state index is 0.0832. The summed E-state index contributed by atoms with van der Waals surface area (Å²) in [7, 11) is -3.62. The molecule has 8 nitrogen and oxygen atoms in total. The summed E-state index contributed by atoms with van der Waals surface area (Å²) in [6.07, 6.45) is -7.20. The van der Waals surface area contributed by atoms with E-state index in [0.717, 1.165) is 0 Å². The maximum absolute atomic E-state index is 12.9. The van der Waals surface area contributed by atoms with Crippen LogP contribution in [0.2, 0.25) is 0 Å². The monoisotopic (exact) mass is 530 g/mol. The molecule has 2 aromatic carbocycles. The molecular weight excluding hydrogens is 501 g/mol. The fourth-order valence-electron chi connectivity index (χ4n) is 2.90. The molecule has 0 unspecified atom stereocenters. The van der Waals surface area contributed by atoms with Crippen LogP contribution in [0, 0.1) is 4.78 Å². The number of esters is 1. The molecule has 0 aliphatic heterocycles. The number of ether oxygens (including phenoxy) is 2. The van der Waals surface area contributed by atoms with Crippen molar-refractivity contribution in [1.29, 1.82) is 4.78 Å².